The summed E-state index contributed by atoms with van der Waals surface area (Å²) in [7, 11) is 0. The van der Waals surface area contributed by atoms with Gasteiger partial charge in [-0.15, -0.1) is 0 Å². The van der Waals surface area contributed by atoms with Crippen LogP contribution in [-0.4, -0.2) is 74.9 Å². The van der Waals surface area contributed by atoms with Crippen molar-refractivity contribution in [3.8, 4) is 0 Å². The number of rotatable bonds is 2. The number of aliphatic hydroxyl groups is 5. The number of ether oxygens (including phenoxy) is 2. The second-order valence-electron chi connectivity index (χ2n) is 17.5. The number of carbonyl (C=O) groups excluding carboxylic acids is 1. The van der Waals surface area contributed by atoms with Gasteiger partial charge in [-0.3, -0.25) is 4.79 Å². The van der Waals surface area contributed by atoms with Crippen LogP contribution in [0.25, 0.3) is 0 Å². The molecule has 0 aromatic carbocycles. The smallest absolute Gasteiger partial charge is 0.317 e. The molecule has 13 atom stereocenters. The standard InChI is InChI=1S/C35H56O8/c1-30(2)14-15-35(29(41)43-28-27(40)26(39)21(36)18-42-28)20(16-30)19-8-9-23-32(5)12-11-24(37)31(3,4)22(32)10-13-33(23,6)34(19,7)17-25(35)38/h8,20-28,36-40H,9-18H2,1-7H3/t20-,21-,22?,23+,24-,25?,26-,27-,28+,32-,33+,34+,35+/m0/s1. The second-order valence-corrected chi connectivity index (χ2v) is 17.5. The molecular weight excluding hydrogens is 548 g/mol. The summed E-state index contributed by atoms with van der Waals surface area (Å²) in [6.45, 7) is 16.0. The Hall–Kier alpha value is -1.03. The predicted molar refractivity (Wildman–Crippen MR) is 160 cm³/mol. The fourth-order valence-corrected chi connectivity index (χ4v) is 11.8. The van der Waals surface area contributed by atoms with Gasteiger partial charge in [0.2, 0.25) is 6.29 Å². The lowest BCUT2D eigenvalue weighted by atomic mass is 9.33. The van der Waals surface area contributed by atoms with Gasteiger partial charge < -0.3 is 35.0 Å². The average Bonchev–Trinajstić information content (AvgIpc) is 2.91. The van der Waals surface area contributed by atoms with Crippen LogP contribution >= 0.6 is 0 Å². The van der Waals surface area contributed by atoms with Crippen LogP contribution in [-0.2, 0) is 14.3 Å². The van der Waals surface area contributed by atoms with Crippen LogP contribution < -0.4 is 0 Å². The topological polar surface area (TPSA) is 137 Å². The van der Waals surface area contributed by atoms with E-state index in [0.717, 1.165) is 44.9 Å². The van der Waals surface area contributed by atoms with E-state index < -0.39 is 42.1 Å². The Kier molecular flexibility index (Phi) is 7.41. The maximum absolute atomic E-state index is 14.3. The van der Waals surface area contributed by atoms with Gasteiger partial charge >= 0.3 is 5.97 Å². The number of aliphatic hydroxyl groups excluding tert-OH is 5. The maximum Gasteiger partial charge on any atom is 0.317 e. The lowest BCUT2D eigenvalue weighted by Gasteiger charge is -2.71. The molecule has 2 unspecified atom stereocenters. The molecule has 8 heteroatoms. The average molecular weight is 605 g/mol. The second kappa shape index (κ2) is 9.98. The zero-order valence-electron chi connectivity index (χ0n) is 27.3. The van der Waals surface area contributed by atoms with Gasteiger partial charge in [0.1, 0.15) is 23.7 Å². The molecule has 8 nitrogen and oxygen atoms in total. The van der Waals surface area contributed by atoms with Crippen LogP contribution in [0.1, 0.15) is 106 Å². The molecule has 6 rings (SSSR count). The highest BCUT2D eigenvalue weighted by atomic mass is 16.7. The number of carbonyl (C=O) groups is 1. The van der Waals surface area contributed by atoms with Gasteiger partial charge in [-0.05, 0) is 103 Å². The minimum Gasteiger partial charge on any atom is -0.432 e. The largest absolute Gasteiger partial charge is 0.432 e. The van der Waals surface area contributed by atoms with Crippen LogP contribution in [0.15, 0.2) is 11.6 Å². The summed E-state index contributed by atoms with van der Waals surface area (Å²) < 4.78 is 11.3. The zero-order chi connectivity index (χ0) is 31.5. The number of fused-ring (bicyclic) bond motifs is 7. The molecule has 1 saturated heterocycles. The Bertz CT molecular complexity index is 1160. The third kappa shape index (κ3) is 4.25. The maximum atomic E-state index is 14.3. The molecule has 0 aromatic rings. The van der Waals surface area contributed by atoms with Gasteiger partial charge in [-0.2, -0.15) is 0 Å². The number of hydrogen-bond acceptors (Lipinski definition) is 8. The molecule has 0 amide bonds. The molecule has 5 N–H and O–H groups in total. The summed E-state index contributed by atoms with van der Waals surface area (Å²) in [4.78, 5) is 14.3. The number of esters is 1. The quantitative estimate of drug-likeness (QED) is 0.235. The molecule has 1 heterocycles. The van der Waals surface area contributed by atoms with Crippen LogP contribution in [0.2, 0.25) is 0 Å². The van der Waals surface area contributed by atoms with Gasteiger partial charge in [0.25, 0.3) is 0 Å². The Balaban J connectivity index is 1.39. The minimum absolute atomic E-state index is 0.0284. The van der Waals surface area contributed by atoms with Crippen LogP contribution in [0.3, 0.4) is 0 Å². The van der Waals surface area contributed by atoms with Gasteiger partial charge in [-0.1, -0.05) is 60.1 Å². The molecule has 1 aliphatic heterocycles. The Morgan fingerprint density at radius 1 is 0.837 bits per heavy atom. The van der Waals surface area contributed by atoms with Crippen molar-refractivity contribution in [2.75, 3.05) is 6.61 Å². The molecule has 0 radical (unpaired) electrons. The van der Waals surface area contributed by atoms with Gasteiger partial charge in [-0.25, -0.2) is 0 Å². The van der Waals surface area contributed by atoms with Crippen molar-refractivity contribution in [1.29, 1.82) is 0 Å². The minimum atomic E-state index is -1.57. The highest BCUT2D eigenvalue weighted by Gasteiger charge is 2.71. The molecule has 4 saturated carbocycles. The van der Waals surface area contributed by atoms with E-state index in [4.69, 9.17) is 9.47 Å². The summed E-state index contributed by atoms with van der Waals surface area (Å²) in [5, 5.41) is 54.0. The van der Waals surface area contributed by atoms with E-state index >= 15 is 0 Å². The summed E-state index contributed by atoms with van der Waals surface area (Å²) in [5.41, 5.74) is -0.392. The summed E-state index contributed by atoms with van der Waals surface area (Å²) in [5.74, 6) is 0.0253. The first-order chi connectivity index (χ1) is 19.8. The van der Waals surface area contributed by atoms with Gasteiger partial charge in [0, 0.05) is 0 Å². The van der Waals surface area contributed by atoms with E-state index in [9.17, 15) is 30.3 Å². The molecular formula is C35H56O8. The number of allylic oxidation sites excluding steroid dienone is 2. The van der Waals surface area contributed by atoms with E-state index in [0.29, 0.717) is 24.7 Å². The molecule has 0 spiro atoms. The molecule has 0 aromatic heterocycles. The van der Waals surface area contributed by atoms with Crippen molar-refractivity contribution in [1.82, 2.24) is 0 Å². The molecule has 5 aliphatic carbocycles. The highest BCUT2D eigenvalue weighted by molar-refractivity contribution is 5.80. The third-order valence-electron chi connectivity index (χ3n) is 14.7. The highest BCUT2D eigenvalue weighted by Crippen LogP contribution is 2.75. The van der Waals surface area contributed by atoms with E-state index in [1.165, 1.54) is 5.57 Å². The monoisotopic (exact) mass is 604 g/mol. The van der Waals surface area contributed by atoms with Gasteiger partial charge in [0.05, 0.1) is 18.8 Å². The first kappa shape index (κ1) is 31.9. The summed E-state index contributed by atoms with van der Waals surface area (Å²) in [6, 6.07) is 0. The first-order valence-electron chi connectivity index (χ1n) is 16.8. The van der Waals surface area contributed by atoms with Crippen molar-refractivity contribution in [3.05, 3.63) is 11.6 Å². The molecule has 5 fully saturated rings. The lowest BCUT2D eigenvalue weighted by Crippen LogP contribution is -2.68. The Morgan fingerprint density at radius 3 is 2.23 bits per heavy atom. The SMILES string of the molecule is CC1(C)CC[C@]2(C(=O)O[C@H]3OC[C@H](O)[C@H](O)[C@@H]3O)C(O)C[C@]3(C)C(=CC[C@@H]4[C@@]5(C)CC[C@H](O)C(C)(C)C5CC[C@]43C)[C@@H]2C1. The van der Waals surface area contributed by atoms with Crippen molar-refractivity contribution in [3.63, 3.8) is 0 Å². The summed E-state index contributed by atoms with van der Waals surface area (Å²) in [6.07, 6.45) is 2.71. The first-order valence-corrected chi connectivity index (χ1v) is 16.8. The van der Waals surface area contributed by atoms with Gasteiger partial charge in [0.15, 0.2) is 0 Å². The van der Waals surface area contributed by atoms with E-state index in [2.05, 4.69) is 54.5 Å². The van der Waals surface area contributed by atoms with E-state index in [-0.39, 0.29) is 45.7 Å². The third-order valence-corrected chi connectivity index (χ3v) is 14.7. The molecule has 43 heavy (non-hydrogen) atoms. The van der Waals surface area contributed by atoms with E-state index in [1.54, 1.807) is 0 Å². The van der Waals surface area contributed by atoms with Crippen molar-refractivity contribution in [2.45, 2.75) is 143 Å². The van der Waals surface area contributed by atoms with Crippen LogP contribution in [0, 0.1) is 50.2 Å². The summed E-state index contributed by atoms with van der Waals surface area (Å²) >= 11 is 0. The fourth-order valence-electron chi connectivity index (χ4n) is 11.8. The molecule has 0 bridgehead atoms. The van der Waals surface area contributed by atoms with Crippen LogP contribution in [0.5, 0.6) is 0 Å². The van der Waals surface area contributed by atoms with Crippen molar-refractivity contribution in [2.24, 2.45) is 50.2 Å². The predicted octanol–water partition coefficient (Wildman–Crippen LogP) is 4.10. The van der Waals surface area contributed by atoms with E-state index in [1.807, 2.05) is 0 Å². The zero-order valence-corrected chi connectivity index (χ0v) is 27.3. The lowest BCUT2D eigenvalue weighted by molar-refractivity contribution is -0.274. The van der Waals surface area contributed by atoms with Crippen molar-refractivity contribution >= 4 is 5.97 Å². The number of hydrogen-bond donors (Lipinski definition) is 5. The fraction of sp³-hybridized carbons (Fsp3) is 0.914. The van der Waals surface area contributed by atoms with Crippen molar-refractivity contribution < 1.29 is 39.8 Å². The molecule has 6 aliphatic rings. The normalized spacial score (nSPS) is 53.8. The Labute approximate surface area is 257 Å². The van der Waals surface area contributed by atoms with Crippen LogP contribution in [0.4, 0.5) is 0 Å². The Morgan fingerprint density at radius 2 is 1.53 bits per heavy atom. The molecule has 244 valence electrons.